The summed E-state index contributed by atoms with van der Waals surface area (Å²) in [4.78, 5) is 6.79. The summed E-state index contributed by atoms with van der Waals surface area (Å²) in [5, 5.41) is 0. The van der Waals surface area contributed by atoms with Gasteiger partial charge in [-0.25, -0.2) is 18.1 Å². The lowest BCUT2D eigenvalue weighted by molar-refractivity contribution is 0.587. The zero-order valence-electron chi connectivity index (χ0n) is 12.4. The van der Waals surface area contributed by atoms with Crippen molar-refractivity contribution < 1.29 is 8.42 Å². The summed E-state index contributed by atoms with van der Waals surface area (Å²) in [6.07, 6.45) is 3.61. The second kappa shape index (κ2) is 6.06. The van der Waals surface area contributed by atoms with Gasteiger partial charge in [-0.1, -0.05) is 30.3 Å². The van der Waals surface area contributed by atoms with E-state index in [4.69, 9.17) is 0 Å². The van der Waals surface area contributed by atoms with Crippen molar-refractivity contribution in [1.82, 2.24) is 9.71 Å². The summed E-state index contributed by atoms with van der Waals surface area (Å²) in [7, 11) is -2.04. The minimum Gasteiger partial charge on any atom is -0.350 e. The highest BCUT2D eigenvalue weighted by atomic mass is 32.2. The summed E-state index contributed by atoms with van der Waals surface area (Å²) in [5.74, 6) is 0.821. The highest BCUT2D eigenvalue weighted by Crippen LogP contribution is 2.35. The van der Waals surface area contributed by atoms with Crippen LogP contribution in [-0.2, 0) is 10.0 Å². The molecule has 1 aromatic heterocycles. The van der Waals surface area contributed by atoms with Crippen molar-refractivity contribution >= 4 is 15.8 Å². The van der Waals surface area contributed by atoms with Crippen LogP contribution in [0.15, 0.2) is 53.6 Å². The molecule has 3 rings (SSSR count). The fraction of sp³-hybridized carbons (Fsp3) is 0.312. The first-order chi connectivity index (χ1) is 10.6. The summed E-state index contributed by atoms with van der Waals surface area (Å²) in [5.41, 5.74) is 1.27. The van der Waals surface area contributed by atoms with Crippen molar-refractivity contribution in [1.29, 1.82) is 0 Å². The van der Waals surface area contributed by atoms with Crippen LogP contribution >= 0.6 is 0 Å². The average molecular weight is 317 g/mol. The van der Waals surface area contributed by atoms with Crippen LogP contribution in [0.5, 0.6) is 0 Å². The average Bonchev–Trinajstić information content (AvgIpc) is 3.05. The Bertz CT molecular complexity index is 730. The Balaban J connectivity index is 1.87. The van der Waals surface area contributed by atoms with Gasteiger partial charge in [0.15, 0.2) is 0 Å². The smallest absolute Gasteiger partial charge is 0.241 e. The quantitative estimate of drug-likeness (QED) is 0.940. The molecule has 22 heavy (non-hydrogen) atoms. The van der Waals surface area contributed by atoms with Crippen LogP contribution in [0, 0.1) is 0 Å². The van der Waals surface area contributed by atoms with Crippen LogP contribution in [0.2, 0.25) is 0 Å². The molecule has 1 saturated heterocycles. The van der Waals surface area contributed by atoms with Gasteiger partial charge < -0.3 is 4.90 Å². The summed E-state index contributed by atoms with van der Waals surface area (Å²) < 4.78 is 25.8. The monoisotopic (exact) mass is 317 g/mol. The van der Waals surface area contributed by atoms with E-state index in [-0.39, 0.29) is 4.90 Å². The number of rotatable bonds is 4. The van der Waals surface area contributed by atoms with E-state index in [9.17, 15) is 8.42 Å². The predicted octanol–water partition coefficient (Wildman–Crippen LogP) is 2.33. The van der Waals surface area contributed by atoms with Crippen LogP contribution in [-0.4, -0.2) is 27.0 Å². The standard InChI is InChI=1S/C16H19N3O2S/c1-17-22(20,21)14-9-10-16(18-12-14)19-11-5-8-15(19)13-6-3-2-4-7-13/h2-4,6-7,9-10,12,15,17H,5,8,11H2,1H3. The first-order valence-electron chi connectivity index (χ1n) is 7.33. The number of aromatic nitrogens is 1. The Morgan fingerprint density at radius 2 is 1.95 bits per heavy atom. The van der Waals surface area contributed by atoms with E-state index >= 15 is 0 Å². The van der Waals surface area contributed by atoms with E-state index in [0.717, 1.165) is 25.2 Å². The summed E-state index contributed by atoms with van der Waals surface area (Å²) in [6.45, 7) is 0.935. The molecule has 0 bridgehead atoms. The minimum absolute atomic E-state index is 0.189. The first kappa shape index (κ1) is 15.0. The Hall–Kier alpha value is -1.92. The molecule has 1 unspecified atom stereocenters. The van der Waals surface area contributed by atoms with Crippen LogP contribution in [0.1, 0.15) is 24.4 Å². The molecule has 1 aliphatic rings. The molecule has 0 amide bonds. The van der Waals surface area contributed by atoms with Gasteiger partial charge in [0, 0.05) is 12.7 Å². The van der Waals surface area contributed by atoms with Gasteiger partial charge in [0.05, 0.1) is 6.04 Å². The maximum absolute atomic E-state index is 11.8. The maximum atomic E-state index is 11.8. The minimum atomic E-state index is -3.44. The van der Waals surface area contributed by atoms with Crippen molar-refractivity contribution in [3.8, 4) is 0 Å². The molecule has 1 aromatic carbocycles. The summed E-state index contributed by atoms with van der Waals surface area (Å²) >= 11 is 0. The molecule has 1 N–H and O–H groups in total. The topological polar surface area (TPSA) is 62.3 Å². The van der Waals surface area contributed by atoms with Crippen molar-refractivity contribution in [2.24, 2.45) is 0 Å². The summed E-state index contributed by atoms with van der Waals surface area (Å²) in [6, 6.07) is 14.0. The largest absolute Gasteiger partial charge is 0.350 e. The molecule has 6 heteroatoms. The van der Waals surface area contributed by atoms with Crippen molar-refractivity contribution in [2.45, 2.75) is 23.8 Å². The molecule has 0 saturated carbocycles. The molecule has 0 aliphatic carbocycles. The Morgan fingerprint density at radius 1 is 1.18 bits per heavy atom. The van der Waals surface area contributed by atoms with Crippen molar-refractivity contribution in [3.05, 3.63) is 54.2 Å². The number of sulfonamides is 1. The van der Waals surface area contributed by atoms with Gasteiger partial charge in [-0.15, -0.1) is 0 Å². The number of hydrogen-bond acceptors (Lipinski definition) is 4. The van der Waals surface area contributed by atoms with Crippen LogP contribution in [0.4, 0.5) is 5.82 Å². The molecule has 2 aromatic rings. The number of pyridine rings is 1. The van der Waals surface area contributed by atoms with Gasteiger partial charge in [-0.2, -0.15) is 0 Å². The lowest BCUT2D eigenvalue weighted by atomic mass is 10.0. The molecular formula is C16H19N3O2S. The van der Waals surface area contributed by atoms with E-state index in [1.807, 2.05) is 18.2 Å². The third kappa shape index (κ3) is 2.84. The number of anilines is 1. The van der Waals surface area contributed by atoms with Gasteiger partial charge in [0.1, 0.15) is 10.7 Å². The third-order valence-corrected chi connectivity index (χ3v) is 5.43. The van der Waals surface area contributed by atoms with Gasteiger partial charge in [-0.05, 0) is 37.6 Å². The maximum Gasteiger partial charge on any atom is 0.241 e. The second-order valence-electron chi connectivity index (χ2n) is 5.32. The normalized spacial score (nSPS) is 18.6. The molecular weight excluding hydrogens is 298 g/mol. The molecule has 1 atom stereocenters. The Kier molecular flexibility index (Phi) is 4.13. The number of nitrogens with one attached hydrogen (secondary N) is 1. The van der Waals surface area contributed by atoms with Crippen molar-refractivity contribution in [2.75, 3.05) is 18.5 Å². The molecule has 2 heterocycles. The highest BCUT2D eigenvalue weighted by Gasteiger charge is 2.27. The van der Waals surface area contributed by atoms with Crippen LogP contribution in [0.25, 0.3) is 0 Å². The van der Waals surface area contributed by atoms with E-state index in [1.165, 1.54) is 18.8 Å². The third-order valence-electron chi connectivity index (χ3n) is 4.03. The van der Waals surface area contributed by atoms with E-state index in [2.05, 4.69) is 26.7 Å². The SMILES string of the molecule is CNS(=O)(=O)c1ccc(N2CCCC2c2ccccc2)nc1. The molecule has 1 aliphatic heterocycles. The van der Waals surface area contributed by atoms with E-state index < -0.39 is 10.0 Å². The molecule has 0 radical (unpaired) electrons. The Labute approximate surface area is 131 Å². The zero-order valence-corrected chi connectivity index (χ0v) is 13.3. The van der Waals surface area contributed by atoms with E-state index in [0.29, 0.717) is 6.04 Å². The molecule has 5 nitrogen and oxygen atoms in total. The zero-order chi connectivity index (χ0) is 15.6. The van der Waals surface area contributed by atoms with E-state index in [1.54, 1.807) is 12.1 Å². The lowest BCUT2D eigenvalue weighted by Gasteiger charge is -2.26. The molecule has 1 fully saturated rings. The van der Waals surface area contributed by atoms with Crippen molar-refractivity contribution in [3.63, 3.8) is 0 Å². The predicted molar refractivity (Wildman–Crippen MR) is 86.2 cm³/mol. The first-order valence-corrected chi connectivity index (χ1v) is 8.81. The van der Waals surface area contributed by atoms with Gasteiger partial charge in [-0.3, -0.25) is 0 Å². The number of benzene rings is 1. The number of nitrogens with zero attached hydrogens (tertiary/aromatic N) is 2. The molecule has 116 valence electrons. The van der Waals surface area contributed by atoms with Gasteiger partial charge >= 0.3 is 0 Å². The Morgan fingerprint density at radius 3 is 2.59 bits per heavy atom. The van der Waals surface area contributed by atoms with Gasteiger partial charge in [0.2, 0.25) is 10.0 Å². The fourth-order valence-corrected chi connectivity index (χ4v) is 3.56. The van der Waals surface area contributed by atoms with Gasteiger partial charge in [0.25, 0.3) is 0 Å². The second-order valence-corrected chi connectivity index (χ2v) is 7.21. The molecule has 0 spiro atoms. The van der Waals surface area contributed by atoms with Crippen LogP contribution < -0.4 is 9.62 Å². The lowest BCUT2D eigenvalue weighted by Crippen LogP contribution is -2.24. The number of hydrogen-bond donors (Lipinski definition) is 1. The van der Waals surface area contributed by atoms with Crippen LogP contribution in [0.3, 0.4) is 0 Å². The highest BCUT2D eigenvalue weighted by molar-refractivity contribution is 7.89. The fourth-order valence-electron chi connectivity index (χ4n) is 2.88.